The maximum Gasteiger partial charge on any atom is 0.251 e. The Labute approximate surface area is 184 Å². The number of hydrogen-bond acceptors (Lipinski definition) is 5. The number of nitrogens with zero attached hydrogens (tertiary/aromatic N) is 2. The van der Waals surface area contributed by atoms with Crippen LogP contribution in [-0.2, 0) is 9.53 Å². The first-order chi connectivity index (χ1) is 15.0. The van der Waals surface area contributed by atoms with Gasteiger partial charge in [0.15, 0.2) is 0 Å². The number of amides is 2. The average molecular weight is 442 g/mol. The number of carbonyl (C=O) groups is 2. The highest BCUT2D eigenvalue weighted by Gasteiger charge is 2.23. The van der Waals surface area contributed by atoms with E-state index >= 15 is 0 Å². The number of carbonyl (C=O) groups excluding carboxylic acids is 2. The number of anilines is 1. The Hall–Kier alpha value is -2.94. The SMILES string of the molecule is COC[C@H](NC(=O)c1ccc(N2CCNCC2=O)c(C)c1)c1nc2cc(Cl)ccc2[nH]1. The first kappa shape index (κ1) is 21.3. The molecule has 0 saturated carbocycles. The van der Waals surface area contributed by atoms with Crippen molar-refractivity contribution in [2.75, 3.05) is 38.3 Å². The topological polar surface area (TPSA) is 99.3 Å². The minimum Gasteiger partial charge on any atom is -0.382 e. The molecule has 31 heavy (non-hydrogen) atoms. The van der Waals surface area contributed by atoms with Gasteiger partial charge in [0.2, 0.25) is 5.91 Å². The van der Waals surface area contributed by atoms with Gasteiger partial charge < -0.3 is 25.3 Å². The van der Waals surface area contributed by atoms with Crippen molar-refractivity contribution in [3.63, 3.8) is 0 Å². The predicted molar refractivity (Wildman–Crippen MR) is 120 cm³/mol. The average Bonchev–Trinajstić information content (AvgIpc) is 3.17. The number of benzene rings is 2. The maximum atomic E-state index is 13.0. The van der Waals surface area contributed by atoms with Gasteiger partial charge >= 0.3 is 0 Å². The van der Waals surface area contributed by atoms with Gasteiger partial charge in [-0.25, -0.2) is 4.98 Å². The lowest BCUT2D eigenvalue weighted by atomic mass is 10.1. The molecule has 0 spiro atoms. The van der Waals surface area contributed by atoms with Gasteiger partial charge in [-0.05, 0) is 48.9 Å². The van der Waals surface area contributed by atoms with E-state index in [9.17, 15) is 9.59 Å². The van der Waals surface area contributed by atoms with Gasteiger partial charge in [0.05, 0.1) is 24.2 Å². The van der Waals surface area contributed by atoms with E-state index in [-0.39, 0.29) is 18.4 Å². The van der Waals surface area contributed by atoms with Crippen LogP contribution in [0.15, 0.2) is 36.4 Å². The van der Waals surface area contributed by atoms with Crippen LogP contribution >= 0.6 is 11.6 Å². The summed E-state index contributed by atoms with van der Waals surface area (Å²) in [7, 11) is 1.57. The molecule has 0 radical (unpaired) electrons. The molecule has 1 aliphatic heterocycles. The second kappa shape index (κ2) is 9.05. The summed E-state index contributed by atoms with van der Waals surface area (Å²) < 4.78 is 5.30. The molecule has 3 N–H and O–H groups in total. The Balaban J connectivity index is 1.54. The van der Waals surface area contributed by atoms with Gasteiger partial charge in [-0.15, -0.1) is 0 Å². The first-order valence-corrected chi connectivity index (χ1v) is 10.4. The highest BCUT2D eigenvalue weighted by atomic mass is 35.5. The molecule has 1 fully saturated rings. The van der Waals surface area contributed by atoms with Crippen molar-refractivity contribution >= 4 is 40.1 Å². The molecule has 1 atom stereocenters. The molecule has 1 aliphatic rings. The molecule has 4 rings (SSSR count). The molecule has 2 aromatic carbocycles. The van der Waals surface area contributed by atoms with Crippen molar-refractivity contribution in [1.29, 1.82) is 0 Å². The van der Waals surface area contributed by atoms with Crippen LogP contribution in [0.5, 0.6) is 0 Å². The third kappa shape index (κ3) is 4.56. The molecular formula is C22H24ClN5O3. The monoisotopic (exact) mass is 441 g/mol. The van der Waals surface area contributed by atoms with Crippen LogP contribution in [0.3, 0.4) is 0 Å². The van der Waals surface area contributed by atoms with Crippen LogP contribution in [0, 0.1) is 6.92 Å². The molecule has 0 bridgehead atoms. The van der Waals surface area contributed by atoms with E-state index < -0.39 is 6.04 Å². The summed E-state index contributed by atoms with van der Waals surface area (Å²) in [4.78, 5) is 34.7. The largest absolute Gasteiger partial charge is 0.382 e. The first-order valence-electron chi connectivity index (χ1n) is 10.0. The lowest BCUT2D eigenvalue weighted by Crippen LogP contribution is -2.48. The van der Waals surface area contributed by atoms with E-state index in [1.54, 1.807) is 36.3 Å². The van der Waals surface area contributed by atoms with Gasteiger partial charge in [-0.1, -0.05) is 11.6 Å². The van der Waals surface area contributed by atoms with E-state index in [1.807, 2.05) is 19.1 Å². The highest BCUT2D eigenvalue weighted by Crippen LogP contribution is 2.24. The zero-order valence-corrected chi connectivity index (χ0v) is 18.1. The summed E-state index contributed by atoms with van der Waals surface area (Å²) in [6.07, 6.45) is 0. The third-order valence-corrected chi connectivity index (χ3v) is 5.51. The fraction of sp³-hybridized carbons (Fsp3) is 0.318. The molecule has 1 aromatic heterocycles. The number of aryl methyl sites for hydroxylation is 1. The second-order valence-corrected chi connectivity index (χ2v) is 7.92. The molecule has 2 amide bonds. The Bertz CT molecular complexity index is 1130. The minimum absolute atomic E-state index is 0.0247. The lowest BCUT2D eigenvalue weighted by Gasteiger charge is -2.29. The number of aromatic amines is 1. The number of fused-ring (bicyclic) bond motifs is 1. The van der Waals surface area contributed by atoms with Crippen molar-refractivity contribution < 1.29 is 14.3 Å². The van der Waals surface area contributed by atoms with Crippen LogP contribution in [0.2, 0.25) is 5.02 Å². The summed E-state index contributed by atoms with van der Waals surface area (Å²) in [5, 5.41) is 6.64. The number of imidazole rings is 1. The predicted octanol–water partition coefficient (Wildman–Crippen LogP) is 2.58. The summed E-state index contributed by atoms with van der Waals surface area (Å²) in [6.45, 7) is 3.83. The zero-order chi connectivity index (χ0) is 22.0. The molecule has 3 aromatic rings. The van der Waals surface area contributed by atoms with E-state index in [0.29, 0.717) is 29.5 Å². The van der Waals surface area contributed by atoms with Crippen LogP contribution in [0.4, 0.5) is 5.69 Å². The fourth-order valence-electron chi connectivity index (χ4n) is 3.72. The number of nitrogens with one attached hydrogen (secondary N) is 3. The van der Waals surface area contributed by atoms with E-state index in [4.69, 9.17) is 16.3 Å². The summed E-state index contributed by atoms with van der Waals surface area (Å²) >= 11 is 6.05. The van der Waals surface area contributed by atoms with E-state index in [2.05, 4.69) is 20.6 Å². The van der Waals surface area contributed by atoms with Crippen molar-refractivity contribution in [2.45, 2.75) is 13.0 Å². The Morgan fingerprint density at radius 3 is 2.90 bits per heavy atom. The smallest absolute Gasteiger partial charge is 0.251 e. The van der Waals surface area contributed by atoms with Gasteiger partial charge in [-0.2, -0.15) is 0 Å². The van der Waals surface area contributed by atoms with Crippen LogP contribution < -0.4 is 15.5 Å². The standard InChI is InChI=1S/C22H24ClN5O3/c1-13-9-14(3-6-19(13)28-8-7-24-11-20(28)29)22(30)27-18(12-31-2)21-25-16-5-4-15(23)10-17(16)26-21/h3-6,9-10,18,24H,7-8,11-12H2,1-2H3,(H,25,26)(H,27,30)/t18-/m0/s1. The van der Waals surface area contributed by atoms with Gasteiger partial charge in [0.1, 0.15) is 11.9 Å². The normalized spacial score (nSPS) is 15.3. The third-order valence-electron chi connectivity index (χ3n) is 5.27. The molecule has 2 heterocycles. The number of methoxy groups -OCH3 is 1. The lowest BCUT2D eigenvalue weighted by molar-refractivity contribution is -0.118. The molecule has 0 unspecified atom stereocenters. The fourth-order valence-corrected chi connectivity index (χ4v) is 3.89. The molecular weight excluding hydrogens is 418 g/mol. The molecule has 1 saturated heterocycles. The van der Waals surface area contributed by atoms with Gasteiger partial charge in [-0.3, -0.25) is 9.59 Å². The Kier molecular flexibility index (Phi) is 6.22. The Morgan fingerprint density at radius 2 is 2.16 bits per heavy atom. The highest BCUT2D eigenvalue weighted by molar-refractivity contribution is 6.31. The van der Waals surface area contributed by atoms with Crippen LogP contribution in [0.25, 0.3) is 11.0 Å². The summed E-state index contributed by atoms with van der Waals surface area (Å²) in [5.41, 5.74) is 3.74. The minimum atomic E-state index is -0.460. The van der Waals surface area contributed by atoms with Crippen LogP contribution in [0.1, 0.15) is 27.8 Å². The number of rotatable bonds is 6. The van der Waals surface area contributed by atoms with Crippen LogP contribution in [-0.4, -0.2) is 55.1 Å². The van der Waals surface area contributed by atoms with Crippen molar-refractivity contribution in [2.24, 2.45) is 0 Å². The number of H-pyrrole nitrogens is 1. The zero-order valence-electron chi connectivity index (χ0n) is 17.4. The number of hydrogen-bond donors (Lipinski definition) is 3. The molecule has 8 nitrogen and oxygen atoms in total. The molecule has 9 heteroatoms. The number of ether oxygens (including phenoxy) is 1. The molecule has 0 aliphatic carbocycles. The molecule has 162 valence electrons. The van der Waals surface area contributed by atoms with Gasteiger partial charge in [0.25, 0.3) is 5.91 Å². The van der Waals surface area contributed by atoms with Crippen molar-refractivity contribution in [3.8, 4) is 0 Å². The number of piperazine rings is 1. The summed E-state index contributed by atoms with van der Waals surface area (Å²) in [6, 6.07) is 10.3. The Morgan fingerprint density at radius 1 is 1.32 bits per heavy atom. The summed E-state index contributed by atoms with van der Waals surface area (Å²) in [5.74, 6) is 0.366. The van der Waals surface area contributed by atoms with Gasteiger partial charge in [0, 0.05) is 36.5 Å². The maximum absolute atomic E-state index is 13.0. The van der Waals surface area contributed by atoms with Crippen molar-refractivity contribution in [3.05, 3.63) is 58.4 Å². The van der Waals surface area contributed by atoms with Crippen molar-refractivity contribution in [1.82, 2.24) is 20.6 Å². The second-order valence-electron chi connectivity index (χ2n) is 7.49. The number of aromatic nitrogens is 2. The van der Waals surface area contributed by atoms with E-state index in [1.165, 1.54) is 0 Å². The quantitative estimate of drug-likeness (QED) is 0.546. The number of halogens is 1. The van der Waals surface area contributed by atoms with E-state index in [0.717, 1.165) is 28.8 Å².